The number of Topliss-reactive ketones (excluding diaryl/α,β-unsaturated/α-hetero) is 1. The molecule has 0 aromatic heterocycles. The molecule has 0 unspecified atom stereocenters. The molecule has 0 radical (unpaired) electrons. The lowest BCUT2D eigenvalue weighted by Crippen LogP contribution is -2.29. The maximum atomic E-state index is 13.3. The van der Waals surface area contributed by atoms with Crippen molar-refractivity contribution in [2.45, 2.75) is 13.0 Å². The maximum Gasteiger partial charge on any atom is 0.339 e. The van der Waals surface area contributed by atoms with Crippen molar-refractivity contribution in [1.29, 1.82) is 0 Å². The summed E-state index contributed by atoms with van der Waals surface area (Å²) in [5.74, 6) is -2.53. The second-order valence-electron chi connectivity index (χ2n) is 8.91. The van der Waals surface area contributed by atoms with E-state index in [1.807, 2.05) is 13.0 Å². The molecule has 9 nitrogen and oxygen atoms in total. The minimum atomic E-state index is -1.41. The topological polar surface area (TPSA) is 124 Å². The van der Waals surface area contributed by atoms with E-state index in [4.69, 9.17) is 4.74 Å². The number of nitro groups is 1. The number of esters is 1. The molecule has 0 N–H and O–H groups in total. The number of nitrogens with zero attached hydrogens (tertiary/aromatic N) is 2. The number of carbonyl (C=O) groups is 4. The molecule has 0 saturated carbocycles. The first-order valence-corrected chi connectivity index (χ1v) is 11.9. The first kappa shape index (κ1) is 25.2. The van der Waals surface area contributed by atoms with Crippen molar-refractivity contribution in [3.8, 4) is 0 Å². The van der Waals surface area contributed by atoms with Gasteiger partial charge < -0.3 is 4.74 Å². The molecule has 39 heavy (non-hydrogen) atoms. The second-order valence-corrected chi connectivity index (χ2v) is 8.91. The molecule has 0 bridgehead atoms. The Morgan fingerprint density at radius 2 is 1.49 bits per heavy atom. The van der Waals surface area contributed by atoms with Crippen LogP contribution in [0.25, 0.3) is 0 Å². The molecule has 1 atom stereocenters. The quantitative estimate of drug-likeness (QED) is 0.104. The number of ether oxygens (including phenoxy) is 1. The lowest BCUT2D eigenvalue weighted by Gasteiger charge is -2.17. The molecule has 5 rings (SSSR count). The van der Waals surface area contributed by atoms with Gasteiger partial charge in [-0.3, -0.25) is 24.5 Å². The van der Waals surface area contributed by atoms with Crippen molar-refractivity contribution in [2.75, 3.05) is 4.90 Å². The van der Waals surface area contributed by atoms with Crippen LogP contribution in [-0.2, 0) is 4.74 Å². The number of aryl methyl sites for hydroxylation is 1. The SMILES string of the molecule is Cc1cccc(N2C(=O)c3ccc(C(=O)O[C@H](C(=O)c4ccccc4)c4ccc([N+](=O)[O-])cc4)cc3C2=O)c1. The number of hydrogen-bond donors (Lipinski definition) is 0. The van der Waals surface area contributed by atoms with Gasteiger partial charge in [-0.2, -0.15) is 0 Å². The number of benzene rings is 4. The standard InChI is InChI=1S/C30H20N2O7/c1-18-6-5-9-23(16-18)31-28(34)24-15-12-21(17-25(24)29(31)35)30(36)39-27(26(33)19-7-3-2-4-8-19)20-10-13-22(14-11-20)32(37)38/h2-17,27H,1H3/t27-/m0/s1. The molecular weight excluding hydrogens is 500 g/mol. The average molecular weight is 520 g/mol. The smallest absolute Gasteiger partial charge is 0.339 e. The van der Waals surface area contributed by atoms with E-state index in [-0.39, 0.29) is 33.5 Å². The zero-order valence-electron chi connectivity index (χ0n) is 20.6. The van der Waals surface area contributed by atoms with Crippen molar-refractivity contribution < 1.29 is 28.8 Å². The first-order valence-electron chi connectivity index (χ1n) is 11.9. The van der Waals surface area contributed by atoms with Crippen LogP contribution >= 0.6 is 0 Å². The van der Waals surface area contributed by atoms with Crippen LogP contribution in [0.15, 0.2) is 97.1 Å². The van der Waals surface area contributed by atoms with Gasteiger partial charge in [0, 0.05) is 23.3 Å². The van der Waals surface area contributed by atoms with Gasteiger partial charge in [0.15, 0.2) is 6.10 Å². The molecule has 1 aliphatic rings. The van der Waals surface area contributed by atoms with Gasteiger partial charge in [-0.1, -0.05) is 42.5 Å². The summed E-state index contributed by atoms with van der Waals surface area (Å²) >= 11 is 0. The van der Waals surface area contributed by atoms with Crippen LogP contribution in [0, 0.1) is 17.0 Å². The number of fused-ring (bicyclic) bond motifs is 1. The number of carbonyl (C=O) groups excluding carboxylic acids is 4. The molecule has 4 aromatic rings. The Balaban J connectivity index is 1.46. The summed E-state index contributed by atoms with van der Waals surface area (Å²) in [4.78, 5) is 64.2. The van der Waals surface area contributed by atoms with Gasteiger partial charge in [0.2, 0.25) is 5.78 Å². The van der Waals surface area contributed by atoms with Crippen molar-refractivity contribution >= 4 is 34.9 Å². The van der Waals surface area contributed by atoms with Crippen LogP contribution in [0.3, 0.4) is 0 Å². The van der Waals surface area contributed by atoms with Crippen LogP contribution < -0.4 is 4.90 Å². The first-order chi connectivity index (χ1) is 18.7. The van der Waals surface area contributed by atoms with Crippen molar-refractivity contribution in [2.24, 2.45) is 0 Å². The van der Waals surface area contributed by atoms with Crippen LogP contribution in [0.4, 0.5) is 11.4 Å². The van der Waals surface area contributed by atoms with Gasteiger partial charge in [-0.15, -0.1) is 0 Å². The summed E-state index contributed by atoms with van der Waals surface area (Å²) in [6.07, 6.45) is -1.41. The second kappa shape index (κ2) is 10.1. The molecule has 192 valence electrons. The minimum Gasteiger partial charge on any atom is -0.445 e. The predicted molar refractivity (Wildman–Crippen MR) is 141 cm³/mol. The Kier molecular flexibility index (Phi) is 6.56. The fourth-order valence-corrected chi connectivity index (χ4v) is 4.34. The zero-order chi connectivity index (χ0) is 27.7. The highest BCUT2D eigenvalue weighted by Gasteiger charge is 2.37. The third kappa shape index (κ3) is 4.80. The third-order valence-corrected chi connectivity index (χ3v) is 6.31. The van der Waals surface area contributed by atoms with E-state index in [9.17, 15) is 29.3 Å². The molecule has 4 aromatic carbocycles. The summed E-state index contributed by atoms with van der Waals surface area (Å²) < 4.78 is 5.62. The molecule has 1 aliphatic heterocycles. The summed E-state index contributed by atoms with van der Waals surface area (Å²) in [6, 6.07) is 24.2. The zero-order valence-corrected chi connectivity index (χ0v) is 20.6. The van der Waals surface area contributed by atoms with Crippen LogP contribution in [-0.4, -0.2) is 28.5 Å². The summed E-state index contributed by atoms with van der Waals surface area (Å²) in [7, 11) is 0. The van der Waals surface area contributed by atoms with Crippen LogP contribution in [0.2, 0.25) is 0 Å². The molecule has 0 spiro atoms. The molecule has 0 fully saturated rings. The highest BCUT2D eigenvalue weighted by atomic mass is 16.6. The highest BCUT2D eigenvalue weighted by Crippen LogP contribution is 2.31. The molecular formula is C30H20N2O7. The third-order valence-electron chi connectivity index (χ3n) is 6.31. The van der Waals surface area contributed by atoms with Gasteiger partial charge in [0.25, 0.3) is 17.5 Å². The number of hydrogen-bond acceptors (Lipinski definition) is 7. The van der Waals surface area contributed by atoms with Gasteiger partial charge >= 0.3 is 5.97 Å². The molecule has 1 heterocycles. The number of anilines is 1. The maximum absolute atomic E-state index is 13.3. The van der Waals surface area contributed by atoms with Crippen molar-refractivity contribution in [3.05, 3.63) is 141 Å². The fraction of sp³-hybridized carbons (Fsp3) is 0.0667. The van der Waals surface area contributed by atoms with E-state index in [0.717, 1.165) is 10.5 Å². The highest BCUT2D eigenvalue weighted by molar-refractivity contribution is 6.34. The Hall–Kier alpha value is -5.44. The van der Waals surface area contributed by atoms with Crippen molar-refractivity contribution in [1.82, 2.24) is 0 Å². The molecule has 0 aliphatic carbocycles. The molecule has 9 heteroatoms. The number of amides is 2. The molecule has 0 saturated heterocycles. The van der Waals surface area contributed by atoms with E-state index in [1.54, 1.807) is 48.5 Å². The molecule has 2 amide bonds. The number of non-ortho nitro benzene ring substituents is 1. The minimum absolute atomic E-state index is 0.0336. The van der Waals surface area contributed by atoms with E-state index in [1.165, 1.54) is 42.5 Å². The fourth-order valence-electron chi connectivity index (χ4n) is 4.34. The van der Waals surface area contributed by atoms with E-state index < -0.39 is 34.6 Å². The average Bonchev–Trinajstić information content (AvgIpc) is 3.20. The van der Waals surface area contributed by atoms with E-state index in [0.29, 0.717) is 5.69 Å². The van der Waals surface area contributed by atoms with Gasteiger partial charge in [0.05, 0.1) is 27.3 Å². The number of imide groups is 1. The number of nitro benzene ring substituents is 1. The normalized spacial score (nSPS) is 13.1. The van der Waals surface area contributed by atoms with Crippen LogP contribution in [0.1, 0.15) is 58.7 Å². The Morgan fingerprint density at radius 1 is 0.795 bits per heavy atom. The Labute approximate surface area is 222 Å². The number of rotatable bonds is 7. The number of ketones is 1. The van der Waals surface area contributed by atoms with E-state index in [2.05, 4.69) is 0 Å². The van der Waals surface area contributed by atoms with Gasteiger partial charge in [-0.25, -0.2) is 9.69 Å². The lowest BCUT2D eigenvalue weighted by molar-refractivity contribution is -0.384. The van der Waals surface area contributed by atoms with Crippen LogP contribution in [0.5, 0.6) is 0 Å². The van der Waals surface area contributed by atoms with Crippen molar-refractivity contribution in [3.63, 3.8) is 0 Å². The van der Waals surface area contributed by atoms with Gasteiger partial charge in [-0.05, 0) is 55.0 Å². The monoisotopic (exact) mass is 520 g/mol. The summed E-state index contributed by atoms with van der Waals surface area (Å²) in [5.41, 5.74) is 1.76. The summed E-state index contributed by atoms with van der Waals surface area (Å²) in [6.45, 7) is 1.84. The lowest BCUT2D eigenvalue weighted by atomic mass is 9.99. The predicted octanol–water partition coefficient (Wildman–Crippen LogP) is 5.48. The Morgan fingerprint density at radius 3 is 2.15 bits per heavy atom. The van der Waals surface area contributed by atoms with Gasteiger partial charge in [0.1, 0.15) is 0 Å². The summed E-state index contributed by atoms with van der Waals surface area (Å²) in [5, 5.41) is 11.1. The largest absolute Gasteiger partial charge is 0.445 e. The van der Waals surface area contributed by atoms with E-state index >= 15 is 0 Å². The Bertz CT molecular complexity index is 1650.